The van der Waals surface area contributed by atoms with Crippen LogP contribution in [0.2, 0.25) is 0 Å². The second-order valence-corrected chi connectivity index (χ2v) is 11.3. The number of hydrogen-bond donors (Lipinski definition) is 0. The molecule has 3 heterocycles. The fourth-order valence-corrected chi connectivity index (χ4v) is 5.59. The van der Waals surface area contributed by atoms with Crippen LogP contribution in [0.25, 0.3) is 0 Å². The quantitative estimate of drug-likeness (QED) is 0.441. The van der Waals surface area contributed by atoms with E-state index in [1.54, 1.807) is 0 Å². The zero-order chi connectivity index (χ0) is 30.1. The Hall–Kier alpha value is -2.60. The van der Waals surface area contributed by atoms with Crippen molar-refractivity contribution >= 4 is 0 Å². The van der Waals surface area contributed by atoms with Gasteiger partial charge in [-0.2, -0.15) is 0 Å². The van der Waals surface area contributed by atoms with Crippen LogP contribution in [0.3, 0.4) is 0 Å². The van der Waals surface area contributed by atoms with Crippen molar-refractivity contribution in [2.45, 2.75) is 25.7 Å². The van der Waals surface area contributed by atoms with Crippen LogP contribution in [0.1, 0.15) is 24.0 Å². The fraction of sp³-hybridized carbons (Fsp3) is 0.647. The number of hydrogen-bond acceptors (Lipinski definition) is 10. The van der Waals surface area contributed by atoms with Gasteiger partial charge < -0.3 is 37.9 Å². The van der Waals surface area contributed by atoms with Crippen LogP contribution >= 0.6 is 0 Å². The second-order valence-electron chi connectivity index (χ2n) is 11.3. The molecule has 2 aromatic rings. The smallest absolute Gasteiger partial charge is 0.161 e. The molecule has 0 bridgehead atoms. The number of fused-ring (bicyclic) bond motifs is 2. The highest BCUT2D eigenvalue weighted by molar-refractivity contribution is 5.44. The first-order valence-electron chi connectivity index (χ1n) is 16.4. The van der Waals surface area contributed by atoms with Crippen molar-refractivity contribution in [1.29, 1.82) is 0 Å². The van der Waals surface area contributed by atoms with E-state index in [0.717, 1.165) is 114 Å². The fourth-order valence-electron chi connectivity index (χ4n) is 5.59. The van der Waals surface area contributed by atoms with Crippen LogP contribution in [0.4, 0.5) is 0 Å². The number of ether oxygens (including phenoxy) is 8. The van der Waals surface area contributed by atoms with Gasteiger partial charge in [-0.3, -0.25) is 9.80 Å². The Labute approximate surface area is 262 Å². The van der Waals surface area contributed by atoms with Crippen molar-refractivity contribution in [3.63, 3.8) is 0 Å². The summed E-state index contributed by atoms with van der Waals surface area (Å²) in [7, 11) is 0. The lowest BCUT2D eigenvalue weighted by Gasteiger charge is -2.26. The van der Waals surface area contributed by atoms with Crippen molar-refractivity contribution in [1.82, 2.24) is 9.80 Å². The second kappa shape index (κ2) is 19.0. The Morgan fingerprint density at radius 1 is 0.409 bits per heavy atom. The Bertz CT molecular complexity index is 1010. The van der Waals surface area contributed by atoms with Gasteiger partial charge in [-0.05, 0) is 74.2 Å². The predicted molar refractivity (Wildman–Crippen MR) is 168 cm³/mol. The van der Waals surface area contributed by atoms with Crippen molar-refractivity contribution in [3.05, 3.63) is 47.5 Å². The summed E-state index contributed by atoms with van der Waals surface area (Å²) in [6, 6.07) is 12.5. The predicted octanol–water partition coefficient (Wildman–Crippen LogP) is 3.48. The third kappa shape index (κ3) is 11.4. The third-order valence-electron chi connectivity index (χ3n) is 8.04. The average Bonchev–Trinajstić information content (AvgIpc) is 3.06. The highest BCUT2D eigenvalue weighted by atomic mass is 16.6. The van der Waals surface area contributed by atoms with Gasteiger partial charge in [-0.25, -0.2) is 0 Å². The van der Waals surface area contributed by atoms with E-state index in [1.165, 1.54) is 11.1 Å². The normalized spacial score (nSPS) is 20.0. The molecular weight excluding hydrogens is 564 g/mol. The number of morpholine rings is 2. The molecular formula is C34H50N2O8. The third-order valence-corrected chi connectivity index (χ3v) is 8.04. The van der Waals surface area contributed by atoms with Gasteiger partial charge in [0.15, 0.2) is 23.0 Å². The summed E-state index contributed by atoms with van der Waals surface area (Å²) in [5, 5.41) is 0. The van der Waals surface area contributed by atoms with Crippen LogP contribution in [-0.4, -0.2) is 128 Å². The van der Waals surface area contributed by atoms with Crippen LogP contribution in [-0.2, 0) is 31.8 Å². The van der Waals surface area contributed by atoms with Gasteiger partial charge in [-0.15, -0.1) is 0 Å². The van der Waals surface area contributed by atoms with Gasteiger partial charge in [0.2, 0.25) is 0 Å². The molecule has 2 saturated heterocycles. The maximum Gasteiger partial charge on any atom is 0.161 e. The zero-order valence-corrected chi connectivity index (χ0v) is 26.2. The Kier molecular flexibility index (Phi) is 14.2. The minimum absolute atomic E-state index is 0.427. The lowest BCUT2D eigenvalue weighted by Crippen LogP contribution is -2.36. The molecule has 10 nitrogen and oxygen atoms in total. The van der Waals surface area contributed by atoms with Gasteiger partial charge in [-0.1, -0.05) is 12.1 Å². The number of nitrogens with zero attached hydrogens (tertiary/aromatic N) is 2. The number of rotatable bonds is 8. The van der Waals surface area contributed by atoms with E-state index in [1.807, 2.05) is 12.1 Å². The molecule has 0 amide bonds. The number of aryl methyl sites for hydroxylation is 2. The molecule has 2 aromatic carbocycles. The van der Waals surface area contributed by atoms with Gasteiger partial charge in [0.05, 0.1) is 52.9 Å². The molecule has 0 atom stereocenters. The molecule has 3 aliphatic heterocycles. The Balaban J connectivity index is 1.09. The highest BCUT2D eigenvalue weighted by Crippen LogP contribution is 2.30. The summed E-state index contributed by atoms with van der Waals surface area (Å²) in [4.78, 5) is 4.93. The molecule has 0 radical (unpaired) electrons. The summed E-state index contributed by atoms with van der Waals surface area (Å²) < 4.78 is 46.9. The van der Waals surface area contributed by atoms with Gasteiger partial charge in [0.1, 0.15) is 26.4 Å². The molecule has 0 unspecified atom stereocenters. The maximum absolute atomic E-state index is 6.12. The minimum atomic E-state index is 0.427. The van der Waals surface area contributed by atoms with Gasteiger partial charge >= 0.3 is 0 Å². The molecule has 0 saturated carbocycles. The van der Waals surface area contributed by atoms with Crippen molar-refractivity contribution in [2.24, 2.45) is 0 Å². The summed E-state index contributed by atoms with van der Waals surface area (Å²) in [5.41, 5.74) is 2.48. The van der Waals surface area contributed by atoms with E-state index < -0.39 is 0 Å². The largest absolute Gasteiger partial charge is 0.487 e. The Morgan fingerprint density at radius 3 is 1.18 bits per heavy atom. The molecule has 44 heavy (non-hydrogen) atoms. The van der Waals surface area contributed by atoms with Gasteiger partial charge in [0.25, 0.3) is 0 Å². The van der Waals surface area contributed by atoms with E-state index >= 15 is 0 Å². The van der Waals surface area contributed by atoms with Crippen LogP contribution in [0.5, 0.6) is 23.0 Å². The topological polar surface area (TPSA) is 80.3 Å². The van der Waals surface area contributed by atoms with E-state index in [4.69, 9.17) is 37.9 Å². The molecule has 10 heteroatoms. The van der Waals surface area contributed by atoms with Gasteiger partial charge in [0, 0.05) is 26.2 Å². The first-order chi connectivity index (χ1) is 21.8. The van der Waals surface area contributed by atoms with Crippen LogP contribution in [0, 0.1) is 0 Å². The summed E-state index contributed by atoms with van der Waals surface area (Å²) in [5.74, 6) is 2.93. The molecule has 0 aromatic heterocycles. The number of benzene rings is 2. The Morgan fingerprint density at radius 2 is 0.773 bits per heavy atom. The van der Waals surface area contributed by atoms with E-state index in [0.29, 0.717) is 52.9 Å². The SMILES string of the molecule is c1cc2c(cc1CCCN1CCOCC1)OCCOCCOc1ccc(CCCN3CCOCC3)cc1OCCOCCO2. The first kappa shape index (κ1) is 32.8. The molecule has 3 aliphatic rings. The molecule has 0 aliphatic carbocycles. The molecule has 2 fully saturated rings. The zero-order valence-electron chi connectivity index (χ0n) is 26.2. The van der Waals surface area contributed by atoms with Crippen molar-refractivity contribution < 1.29 is 37.9 Å². The summed E-state index contributed by atoms with van der Waals surface area (Å²) in [6.07, 6.45) is 4.17. The monoisotopic (exact) mass is 614 g/mol. The summed E-state index contributed by atoms with van der Waals surface area (Å²) >= 11 is 0. The minimum Gasteiger partial charge on any atom is -0.487 e. The van der Waals surface area contributed by atoms with Crippen molar-refractivity contribution in [2.75, 3.05) is 119 Å². The van der Waals surface area contributed by atoms with E-state index in [2.05, 4.69) is 34.1 Å². The molecule has 0 N–H and O–H groups in total. The average molecular weight is 615 g/mol. The first-order valence-corrected chi connectivity index (χ1v) is 16.4. The molecule has 0 spiro atoms. The molecule has 5 rings (SSSR count). The van der Waals surface area contributed by atoms with Crippen molar-refractivity contribution in [3.8, 4) is 23.0 Å². The van der Waals surface area contributed by atoms with Crippen LogP contribution in [0.15, 0.2) is 36.4 Å². The standard InChI is InChI=1S/C34H50N2O8/c1(9-35-11-15-37-16-12-35)3-29-5-7-31-33(27-29)43-25-21-39-20-24-42-32-8-6-30(4-2-10-36-13-17-38-18-14-36)28-34(32)44-26-22-40-19-23-41-31/h5-8,27-28H,1-4,9-26H2. The lowest BCUT2D eigenvalue weighted by atomic mass is 10.1. The van der Waals surface area contributed by atoms with Crippen LogP contribution < -0.4 is 18.9 Å². The highest BCUT2D eigenvalue weighted by Gasteiger charge is 2.13. The maximum atomic E-state index is 6.12. The molecule has 244 valence electrons. The van der Waals surface area contributed by atoms with E-state index in [9.17, 15) is 0 Å². The van der Waals surface area contributed by atoms with E-state index in [-0.39, 0.29) is 0 Å². The summed E-state index contributed by atoms with van der Waals surface area (Å²) in [6.45, 7) is 13.1. The lowest BCUT2D eigenvalue weighted by molar-refractivity contribution is 0.0374.